The van der Waals surface area contributed by atoms with Gasteiger partial charge < -0.3 is 0 Å². The highest BCUT2D eigenvalue weighted by atomic mass is 32.2. The Balaban J connectivity index is 1.28. The Kier molecular flexibility index (Phi) is 7.07. The van der Waals surface area contributed by atoms with Gasteiger partial charge in [-0.05, 0) is 55.8 Å². The summed E-state index contributed by atoms with van der Waals surface area (Å²) in [6.45, 7) is 3.41. The minimum atomic E-state index is -1.97. The summed E-state index contributed by atoms with van der Waals surface area (Å²) in [6.07, 6.45) is 10.8. The Morgan fingerprint density at radius 2 is 1.93 bits per heavy atom. The Morgan fingerprint density at radius 1 is 1.14 bits per heavy atom. The van der Waals surface area contributed by atoms with Crippen molar-refractivity contribution in [3.8, 4) is 0 Å². The van der Waals surface area contributed by atoms with E-state index < -0.39 is 11.3 Å². The summed E-state index contributed by atoms with van der Waals surface area (Å²) < 4.78 is 24.4. The molecule has 1 aliphatic carbocycles. The maximum Gasteiger partial charge on any atom is 0.232 e. The third-order valence-corrected chi connectivity index (χ3v) is 6.69. The van der Waals surface area contributed by atoms with Gasteiger partial charge in [0.1, 0.15) is 0 Å². The molecular weight excluding hydrogens is 386 g/mol. The molecule has 1 saturated heterocycles. The van der Waals surface area contributed by atoms with Crippen molar-refractivity contribution in [2.24, 2.45) is 0 Å². The fourth-order valence-corrected chi connectivity index (χ4v) is 4.96. The fourth-order valence-electron chi connectivity index (χ4n) is 4.67. The van der Waals surface area contributed by atoms with Gasteiger partial charge in [-0.15, -0.1) is 5.10 Å². The van der Waals surface area contributed by atoms with Crippen LogP contribution >= 0.6 is 0 Å². The van der Waals surface area contributed by atoms with Gasteiger partial charge in [0, 0.05) is 13.1 Å². The molecule has 158 valence electrons. The van der Waals surface area contributed by atoms with E-state index in [9.17, 15) is 4.21 Å². The van der Waals surface area contributed by atoms with Crippen LogP contribution < -0.4 is 4.72 Å². The van der Waals surface area contributed by atoms with Crippen LogP contribution in [0.1, 0.15) is 73.7 Å². The van der Waals surface area contributed by atoms with Gasteiger partial charge in [-0.1, -0.05) is 48.7 Å². The number of benzene rings is 1. The molecule has 8 heteroatoms. The second kappa shape index (κ2) is 9.93. The molecule has 1 aliphatic heterocycles. The van der Waals surface area contributed by atoms with E-state index in [1.807, 2.05) is 12.1 Å². The first kappa shape index (κ1) is 20.7. The van der Waals surface area contributed by atoms with Crippen molar-refractivity contribution in [2.45, 2.75) is 70.0 Å². The van der Waals surface area contributed by atoms with Gasteiger partial charge in [-0.3, -0.25) is 9.45 Å². The molecular formula is C21H31N5O2S. The molecule has 0 bridgehead atoms. The first-order chi connectivity index (χ1) is 14.2. The molecule has 1 saturated carbocycles. The molecule has 1 unspecified atom stereocenters. The fraction of sp³-hybridized carbons (Fsp3) is 0.619. The highest BCUT2D eigenvalue weighted by molar-refractivity contribution is 7.77. The molecule has 4 rings (SSSR count). The van der Waals surface area contributed by atoms with E-state index in [4.69, 9.17) is 4.55 Å². The van der Waals surface area contributed by atoms with Gasteiger partial charge >= 0.3 is 0 Å². The summed E-state index contributed by atoms with van der Waals surface area (Å²) in [5, 5.41) is 8.83. The van der Waals surface area contributed by atoms with Crippen molar-refractivity contribution >= 4 is 11.3 Å². The van der Waals surface area contributed by atoms with Crippen LogP contribution in [0, 0.1) is 0 Å². The maximum absolute atomic E-state index is 10.8. The topological polar surface area (TPSA) is 83.3 Å². The lowest BCUT2D eigenvalue weighted by molar-refractivity contribution is 0.202. The zero-order valence-corrected chi connectivity index (χ0v) is 17.7. The van der Waals surface area contributed by atoms with Crippen LogP contribution in [0.3, 0.4) is 0 Å². The molecule has 29 heavy (non-hydrogen) atoms. The quantitative estimate of drug-likeness (QED) is 0.675. The third-order valence-electron chi connectivity index (χ3n) is 6.30. The lowest BCUT2D eigenvalue weighted by atomic mass is 9.88. The van der Waals surface area contributed by atoms with E-state index >= 15 is 0 Å². The molecule has 1 atom stereocenters. The van der Waals surface area contributed by atoms with Crippen LogP contribution in [0.25, 0.3) is 0 Å². The number of hydrogen-bond acceptors (Lipinski definition) is 4. The average Bonchev–Trinajstić information content (AvgIpc) is 3.22. The predicted molar refractivity (Wildman–Crippen MR) is 113 cm³/mol. The number of nitrogens with zero attached hydrogens (tertiary/aromatic N) is 4. The zero-order chi connectivity index (χ0) is 20.1. The van der Waals surface area contributed by atoms with Crippen molar-refractivity contribution in [2.75, 3.05) is 13.1 Å². The first-order valence-corrected chi connectivity index (χ1v) is 11.8. The Hall–Kier alpha value is -1.61. The molecule has 1 aromatic heterocycles. The van der Waals surface area contributed by atoms with Gasteiger partial charge in [-0.25, -0.2) is 13.6 Å². The highest BCUT2D eigenvalue weighted by Crippen LogP contribution is 2.30. The number of piperidine rings is 1. The minimum absolute atomic E-state index is 0.409. The van der Waals surface area contributed by atoms with Gasteiger partial charge in [0.05, 0.1) is 17.9 Å². The predicted octanol–water partition coefficient (Wildman–Crippen LogP) is 3.39. The Morgan fingerprint density at radius 3 is 2.69 bits per heavy atom. The number of rotatable bonds is 7. The van der Waals surface area contributed by atoms with E-state index in [1.54, 1.807) is 0 Å². The molecule has 2 aliphatic rings. The van der Waals surface area contributed by atoms with Crippen LogP contribution in [0.4, 0.5) is 0 Å². The molecule has 0 amide bonds. The van der Waals surface area contributed by atoms with Crippen molar-refractivity contribution < 1.29 is 8.76 Å². The lowest BCUT2D eigenvalue weighted by Crippen LogP contribution is -2.32. The van der Waals surface area contributed by atoms with Gasteiger partial charge in [0.15, 0.2) is 0 Å². The first-order valence-electron chi connectivity index (χ1n) is 10.7. The monoisotopic (exact) mass is 417 g/mol. The molecule has 0 spiro atoms. The van der Waals surface area contributed by atoms with Crippen LogP contribution in [0.15, 0.2) is 30.5 Å². The number of hydrogen-bond donors (Lipinski definition) is 2. The molecule has 2 N–H and O–H groups in total. The van der Waals surface area contributed by atoms with Gasteiger partial charge in [0.25, 0.3) is 0 Å². The molecule has 2 aromatic rings. The van der Waals surface area contributed by atoms with Crippen LogP contribution in [-0.4, -0.2) is 41.7 Å². The summed E-state index contributed by atoms with van der Waals surface area (Å²) in [5.41, 5.74) is 3.46. The smallest absolute Gasteiger partial charge is 0.232 e. The summed E-state index contributed by atoms with van der Waals surface area (Å²) in [6, 6.07) is 8.92. The molecule has 1 aromatic carbocycles. The van der Waals surface area contributed by atoms with Crippen molar-refractivity contribution in [3.63, 3.8) is 0 Å². The van der Waals surface area contributed by atoms with E-state index in [-0.39, 0.29) is 0 Å². The minimum Gasteiger partial charge on any atom is -0.297 e. The van der Waals surface area contributed by atoms with E-state index in [0.717, 1.165) is 43.7 Å². The maximum atomic E-state index is 10.8. The second-order valence-electron chi connectivity index (χ2n) is 8.35. The third kappa shape index (κ3) is 5.72. The summed E-state index contributed by atoms with van der Waals surface area (Å²) in [5.74, 6) is 0.545. The highest BCUT2D eigenvalue weighted by Gasteiger charge is 2.22. The zero-order valence-electron chi connectivity index (χ0n) is 16.9. The number of aromatic nitrogens is 3. The van der Waals surface area contributed by atoms with E-state index in [0.29, 0.717) is 18.5 Å². The van der Waals surface area contributed by atoms with E-state index in [1.165, 1.54) is 37.7 Å². The molecule has 2 fully saturated rings. The summed E-state index contributed by atoms with van der Waals surface area (Å²) in [4.78, 5) is 2.48. The number of nitrogens with one attached hydrogen (secondary N) is 1. The van der Waals surface area contributed by atoms with E-state index in [2.05, 4.69) is 42.9 Å². The van der Waals surface area contributed by atoms with Crippen LogP contribution in [0.5, 0.6) is 0 Å². The van der Waals surface area contributed by atoms with Crippen molar-refractivity contribution in [1.29, 1.82) is 0 Å². The largest absolute Gasteiger partial charge is 0.297 e. The number of likely N-dealkylation sites (tertiary alicyclic amines) is 1. The van der Waals surface area contributed by atoms with Gasteiger partial charge in [-0.2, -0.15) is 0 Å². The Bertz CT molecular complexity index is 813. The molecule has 0 radical (unpaired) electrons. The standard InChI is InChI=1S/C21H31N5O2S/c27-29(28)22-14-17-5-4-6-19(13-17)18-9-11-25(12-10-18)15-20-16-26(24-23-20)21-7-2-1-3-8-21/h4-6,13,16,18,21-22H,1-3,7-12,14-15H2,(H,27,28). The molecule has 7 nitrogen and oxygen atoms in total. The van der Waals surface area contributed by atoms with Gasteiger partial charge in [0.2, 0.25) is 11.3 Å². The van der Waals surface area contributed by atoms with Crippen molar-refractivity contribution in [1.82, 2.24) is 24.6 Å². The van der Waals surface area contributed by atoms with Crippen LogP contribution in [-0.2, 0) is 24.4 Å². The molecule has 2 heterocycles. The summed E-state index contributed by atoms with van der Waals surface area (Å²) >= 11 is -1.97. The normalized spacial score (nSPS) is 20.7. The second-order valence-corrected chi connectivity index (χ2v) is 9.13. The lowest BCUT2D eigenvalue weighted by Gasteiger charge is -2.31. The summed E-state index contributed by atoms with van der Waals surface area (Å²) in [7, 11) is 0. The SMILES string of the molecule is O=S(O)NCc1cccc(C2CCN(Cc3cn(C4CCCCC4)nn3)CC2)c1. The van der Waals surface area contributed by atoms with Crippen LogP contribution in [0.2, 0.25) is 0 Å². The average molecular weight is 418 g/mol. The Labute approximate surface area is 175 Å². The van der Waals surface area contributed by atoms with Crippen molar-refractivity contribution in [3.05, 3.63) is 47.3 Å².